The minimum absolute atomic E-state index is 0.251. The fourth-order valence-corrected chi connectivity index (χ4v) is 3.11. The Bertz CT molecular complexity index is 1020. The number of anilines is 2. The Labute approximate surface area is 188 Å². The highest BCUT2D eigenvalue weighted by Gasteiger charge is 2.07. The van der Waals surface area contributed by atoms with Gasteiger partial charge in [0.1, 0.15) is 0 Å². The van der Waals surface area contributed by atoms with E-state index in [4.69, 9.17) is 4.98 Å². The van der Waals surface area contributed by atoms with Crippen LogP contribution in [0.3, 0.4) is 0 Å². The van der Waals surface area contributed by atoms with E-state index in [1.807, 2.05) is 80.5 Å². The number of nitrogens with one attached hydrogen (secondary N) is 4. The van der Waals surface area contributed by atoms with Gasteiger partial charge in [-0.2, -0.15) is 0 Å². The number of nitrogens with zero attached hydrogens (tertiary/aromatic N) is 3. The quantitative estimate of drug-likeness (QED) is 0.406. The van der Waals surface area contributed by atoms with E-state index in [1.165, 1.54) is 0 Å². The summed E-state index contributed by atoms with van der Waals surface area (Å²) in [6, 6.07) is 12.8. The molecular formula is C23H31N7O2. The zero-order valence-electron chi connectivity index (χ0n) is 19.0. The van der Waals surface area contributed by atoms with Crippen LogP contribution in [0, 0.1) is 0 Å². The van der Waals surface area contributed by atoms with Crippen molar-refractivity contribution in [2.45, 2.75) is 0 Å². The third-order valence-electron chi connectivity index (χ3n) is 4.82. The molecule has 0 aliphatic carbocycles. The largest absolute Gasteiger partial charge is 0.337 e. The molecule has 1 aromatic heterocycles. The van der Waals surface area contributed by atoms with Gasteiger partial charge in [-0.15, -0.1) is 0 Å². The molecule has 3 rings (SSSR count). The van der Waals surface area contributed by atoms with Crippen molar-refractivity contribution in [2.24, 2.45) is 0 Å². The zero-order valence-corrected chi connectivity index (χ0v) is 19.0. The normalized spacial score (nSPS) is 11.2. The van der Waals surface area contributed by atoms with Crippen LogP contribution in [0.1, 0.15) is 0 Å². The highest BCUT2D eigenvalue weighted by atomic mass is 16.2. The number of aromatic nitrogens is 1. The Hall–Kier alpha value is -3.43. The van der Waals surface area contributed by atoms with Crippen LogP contribution in [0.15, 0.2) is 42.5 Å². The van der Waals surface area contributed by atoms with Crippen molar-refractivity contribution in [1.82, 2.24) is 25.4 Å². The second-order valence-electron chi connectivity index (χ2n) is 8.17. The lowest BCUT2D eigenvalue weighted by Crippen LogP contribution is -2.34. The highest BCUT2D eigenvalue weighted by molar-refractivity contribution is 5.98. The number of rotatable bonds is 8. The van der Waals surface area contributed by atoms with Crippen LogP contribution >= 0.6 is 0 Å². The summed E-state index contributed by atoms with van der Waals surface area (Å²) in [5.74, 6) is 0. The molecule has 0 fully saturated rings. The third-order valence-corrected chi connectivity index (χ3v) is 4.82. The van der Waals surface area contributed by atoms with E-state index in [0.29, 0.717) is 24.5 Å². The number of fused-ring (bicyclic) bond motifs is 2. The van der Waals surface area contributed by atoms with E-state index in [9.17, 15) is 9.59 Å². The second kappa shape index (κ2) is 10.7. The predicted molar refractivity (Wildman–Crippen MR) is 130 cm³/mol. The highest BCUT2D eigenvalue weighted by Crippen LogP contribution is 2.24. The van der Waals surface area contributed by atoms with Gasteiger partial charge in [0.2, 0.25) is 0 Å². The van der Waals surface area contributed by atoms with Crippen molar-refractivity contribution in [3.8, 4) is 0 Å². The molecule has 0 spiro atoms. The molecule has 0 radical (unpaired) electrons. The maximum Gasteiger partial charge on any atom is 0.319 e. The maximum absolute atomic E-state index is 12.1. The number of carbonyl (C=O) groups is 2. The monoisotopic (exact) mass is 437 g/mol. The van der Waals surface area contributed by atoms with Gasteiger partial charge in [-0.05, 0) is 58.5 Å². The molecule has 2 aromatic carbocycles. The number of carbonyl (C=O) groups excluding carboxylic acids is 2. The van der Waals surface area contributed by atoms with Gasteiger partial charge < -0.3 is 31.1 Å². The number of urea groups is 2. The van der Waals surface area contributed by atoms with E-state index in [-0.39, 0.29) is 12.1 Å². The molecule has 0 aliphatic heterocycles. The van der Waals surface area contributed by atoms with Gasteiger partial charge in [0.15, 0.2) is 0 Å². The molecule has 0 atom stereocenters. The topological polar surface area (TPSA) is 102 Å². The van der Waals surface area contributed by atoms with Crippen molar-refractivity contribution in [3.05, 3.63) is 42.5 Å². The lowest BCUT2D eigenvalue weighted by atomic mass is 10.1. The molecule has 0 saturated heterocycles. The van der Waals surface area contributed by atoms with Crippen molar-refractivity contribution in [2.75, 3.05) is 65.0 Å². The number of amides is 4. The van der Waals surface area contributed by atoms with Gasteiger partial charge >= 0.3 is 12.1 Å². The molecule has 0 bridgehead atoms. The maximum atomic E-state index is 12.1. The minimum atomic E-state index is -0.251. The molecule has 32 heavy (non-hydrogen) atoms. The van der Waals surface area contributed by atoms with Crippen molar-refractivity contribution >= 4 is 45.2 Å². The summed E-state index contributed by atoms with van der Waals surface area (Å²) in [5, 5.41) is 13.3. The summed E-state index contributed by atoms with van der Waals surface area (Å²) >= 11 is 0. The standard InChI is InChI=1S/C23H31N7O2/c1-29(2)11-9-24-22(31)26-18-7-5-16-13-17-6-8-19(15-21(17)28-20(16)14-18)27-23(32)25-10-12-30(3)4/h5-8,13-15H,9-12H2,1-4H3,(H2,24,26,31)(H2,25,27,32). The number of hydrogen-bond acceptors (Lipinski definition) is 5. The van der Waals surface area contributed by atoms with E-state index in [1.54, 1.807) is 0 Å². The molecule has 4 N–H and O–H groups in total. The van der Waals surface area contributed by atoms with Crippen LogP contribution < -0.4 is 21.3 Å². The molecule has 0 saturated carbocycles. The van der Waals surface area contributed by atoms with Gasteiger partial charge in [0.25, 0.3) is 0 Å². The number of likely N-dealkylation sites (N-methyl/N-ethyl adjacent to an activating group) is 2. The van der Waals surface area contributed by atoms with Crippen LogP contribution in [-0.4, -0.2) is 81.2 Å². The lowest BCUT2D eigenvalue weighted by Gasteiger charge is -2.12. The summed E-state index contributed by atoms with van der Waals surface area (Å²) < 4.78 is 0. The summed E-state index contributed by atoms with van der Waals surface area (Å²) in [6.07, 6.45) is 0. The lowest BCUT2D eigenvalue weighted by molar-refractivity contribution is 0.250. The fourth-order valence-electron chi connectivity index (χ4n) is 3.11. The molecule has 4 amide bonds. The number of hydrogen-bond donors (Lipinski definition) is 4. The van der Waals surface area contributed by atoms with Gasteiger partial charge in [0.05, 0.1) is 11.0 Å². The molecule has 0 unspecified atom stereocenters. The van der Waals surface area contributed by atoms with E-state index in [2.05, 4.69) is 21.3 Å². The average Bonchev–Trinajstić information content (AvgIpc) is 2.71. The number of benzene rings is 2. The van der Waals surface area contributed by atoms with Crippen LogP contribution in [-0.2, 0) is 0 Å². The zero-order chi connectivity index (χ0) is 23.1. The summed E-state index contributed by atoms with van der Waals surface area (Å²) in [4.78, 5) is 32.9. The van der Waals surface area contributed by atoms with Gasteiger partial charge in [-0.1, -0.05) is 12.1 Å². The van der Waals surface area contributed by atoms with E-state index in [0.717, 1.165) is 34.9 Å². The molecule has 9 heteroatoms. The molecule has 9 nitrogen and oxygen atoms in total. The summed E-state index contributed by atoms with van der Waals surface area (Å²) in [7, 11) is 7.82. The molecule has 3 aromatic rings. The first-order valence-corrected chi connectivity index (χ1v) is 10.5. The average molecular weight is 438 g/mol. The third kappa shape index (κ3) is 6.79. The Balaban J connectivity index is 1.70. The molecule has 170 valence electrons. The van der Waals surface area contributed by atoms with E-state index < -0.39 is 0 Å². The van der Waals surface area contributed by atoms with Crippen molar-refractivity contribution in [3.63, 3.8) is 0 Å². The van der Waals surface area contributed by atoms with Crippen LogP contribution in [0.2, 0.25) is 0 Å². The Morgan fingerprint density at radius 1 is 0.719 bits per heavy atom. The first-order valence-electron chi connectivity index (χ1n) is 10.5. The number of pyridine rings is 1. The Morgan fingerprint density at radius 3 is 1.56 bits per heavy atom. The Morgan fingerprint density at radius 2 is 1.16 bits per heavy atom. The van der Waals surface area contributed by atoms with Crippen LogP contribution in [0.5, 0.6) is 0 Å². The molecule has 0 aliphatic rings. The van der Waals surface area contributed by atoms with Crippen molar-refractivity contribution in [1.29, 1.82) is 0 Å². The predicted octanol–water partition coefficient (Wildman–Crippen LogP) is 2.75. The van der Waals surface area contributed by atoms with Crippen molar-refractivity contribution < 1.29 is 9.59 Å². The first-order chi connectivity index (χ1) is 15.3. The van der Waals surface area contributed by atoms with Gasteiger partial charge in [0, 0.05) is 48.3 Å². The van der Waals surface area contributed by atoms with Gasteiger partial charge in [-0.25, -0.2) is 14.6 Å². The van der Waals surface area contributed by atoms with Crippen LogP contribution in [0.4, 0.5) is 21.0 Å². The second-order valence-corrected chi connectivity index (χ2v) is 8.17. The Kier molecular flexibility index (Phi) is 7.80. The smallest absolute Gasteiger partial charge is 0.319 e. The first kappa shape index (κ1) is 23.2. The fraction of sp³-hybridized carbons (Fsp3) is 0.348. The molecule has 1 heterocycles. The van der Waals surface area contributed by atoms with Gasteiger partial charge in [-0.3, -0.25) is 0 Å². The molecular weight excluding hydrogens is 406 g/mol. The van der Waals surface area contributed by atoms with Crippen LogP contribution in [0.25, 0.3) is 21.8 Å². The minimum Gasteiger partial charge on any atom is -0.337 e. The summed E-state index contributed by atoms with van der Waals surface area (Å²) in [5.41, 5.74) is 2.86. The summed E-state index contributed by atoms with van der Waals surface area (Å²) in [6.45, 7) is 2.66. The van der Waals surface area contributed by atoms with E-state index >= 15 is 0 Å². The SMILES string of the molecule is CN(C)CCNC(=O)Nc1ccc2cc3ccc(NC(=O)NCCN(C)C)cc3nc2c1.